The first kappa shape index (κ1) is 18.9. The van der Waals surface area contributed by atoms with Crippen LogP contribution in [0.5, 0.6) is 0 Å². The summed E-state index contributed by atoms with van der Waals surface area (Å²) in [5.41, 5.74) is 1.34. The van der Waals surface area contributed by atoms with Crippen LogP contribution in [0, 0.1) is 5.82 Å². The normalized spacial score (nSPS) is 11.9. The predicted molar refractivity (Wildman–Crippen MR) is 109 cm³/mol. The molecule has 0 aliphatic rings. The van der Waals surface area contributed by atoms with Crippen LogP contribution in [0.2, 0.25) is 0 Å². The van der Waals surface area contributed by atoms with E-state index in [1.165, 1.54) is 36.0 Å². The van der Waals surface area contributed by atoms with Gasteiger partial charge in [-0.25, -0.2) is 4.39 Å². The summed E-state index contributed by atoms with van der Waals surface area (Å²) in [6.07, 6.45) is 1.57. The molecule has 4 rings (SSSR count). The Morgan fingerprint density at radius 1 is 1.07 bits per heavy atom. The van der Waals surface area contributed by atoms with Crippen molar-refractivity contribution < 1.29 is 13.6 Å². The zero-order valence-corrected chi connectivity index (χ0v) is 16.3. The van der Waals surface area contributed by atoms with Gasteiger partial charge in [0.2, 0.25) is 5.91 Å². The molecule has 1 atom stereocenters. The fourth-order valence-electron chi connectivity index (χ4n) is 2.79. The number of carbonyl (C=O) groups excluding carboxylic acids is 1. The number of nitrogens with zero attached hydrogens (tertiary/aromatic N) is 3. The van der Waals surface area contributed by atoms with E-state index >= 15 is 0 Å². The van der Waals surface area contributed by atoms with Crippen molar-refractivity contribution in [3.05, 3.63) is 84.4 Å². The average Bonchev–Trinajstić information content (AvgIpc) is 3.38. The molecule has 0 unspecified atom stereocenters. The van der Waals surface area contributed by atoms with Crippen LogP contribution < -0.4 is 5.32 Å². The van der Waals surface area contributed by atoms with Gasteiger partial charge in [-0.2, -0.15) is 0 Å². The van der Waals surface area contributed by atoms with Crippen LogP contribution in [0.1, 0.15) is 10.8 Å². The largest absolute Gasteiger partial charge is 0.461 e. The Kier molecular flexibility index (Phi) is 5.44. The molecule has 0 fully saturated rings. The second-order valence-corrected chi connectivity index (χ2v) is 7.32. The highest BCUT2D eigenvalue weighted by Crippen LogP contribution is 2.36. The van der Waals surface area contributed by atoms with Gasteiger partial charge in [-0.1, -0.05) is 42.1 Å². The number of aromatic nitrogens is 3. The molecule has 0 aliphatic heterocycles. The van der Waals surface area contributed by atoms with Gasteiger partial charge in [0.05, 0.1) is 6.26 Å². The average molecular weight is 408 g/mol. The number of hydrogen-bond acceptors (Lipinski definition) is 5. The summed E-state index contributed by atoms with van der Waals surface area (Å²) < 4.78 is 20.3. The molecule has 2 aromatic heterocycles. The molecule has 0 bridgehead atoms. The number of halogens is 1. The van der Waals surface area contributed by atoms with Gasteiger partial charge in [-0.15, -0.1) is 10.2 Å². The van der Waals surface area contributed by atoms with E-state index in [0.717, 1.165) is 5.56 Å². The third kappa shape index (κ3) is 4.22. The molecule has 146 valence electrons. The van der Waals surface area contributed by atoms with E-state index in [-0.39, 0.29) is 11.7 Å². The van der Waals surface area contributed by atoms with Gasteiger partial charge in [0.15, 0.2) is 16.7 Å². The van der Waals surface area contributed by atoms with Crippen molar-refractivity contribution in [3.63, 3.8) is 0 Å². The molecule has 1 amide bonds. The highest BCUT2D eigenvalue weighted by atomic mass is 32.2. The smallest absolute Gasteiger partial charge is 0.242 e. The van der Waals surface area contributed by atoms with Crippen LogP contribution in [0.3, 0.4) is 0 Å². The first-order valence-electron chi connectivity index (χ1n) is 8.83. The Balaban J connectivity index is 1.61. The number of carbonyl (C=O) groups is 1. The Bertz CT molecular complexity index is 1100. The number of amides is 1. The molecule has 0 saturated heterocycles. The number of nitrogens with one attached hydrogen (secondary N) is 1. The van der Waals surface area contributed by atoms with Gasteiger partial charge >= 0.3 is 0 Å². The number of rotatable bonds is 6. The zero-order chi connectivity index (χ0) is 20.2. The van der Waals surface area contributed by atoms with Gasteiger partial charge < -0.3 is 14.3 Å². The number of anilines is 1. The van der Waals surface area contributed by atoms with Crippen LogP contribution in [0.15, 0.2) is 82.6 Å². The van der Waals surface area contributed by atoms with Gasteiger partial charge in [-0.3, -0.25) is 4.79 Å². The van der Waals surface area contributed by atoms with E-state index in [0.29, 0.717) is 22.4 Å². The van der Waals surface area contributed by atoms with Crippen LogP contribution in [0.4, 0.5) is 10.1 Å². The Hall–Kier alpha value is -3.39. The van der Waals surface area contributed by atoms with Crippen molar-refractivity contribution >= 4 is 23.4 Å². The lowest BCUT2D eigenvalue weighted by Gasteiger charge is -2.16. The quantitative estimate of drug-likeness (QED) is 0.469. The summed E-state index contributed by atoms with van der Waals surface area (Å²) in [7, 11) is 1.82. The summed E-state index contributed by atoms with van der Waals surface area (Å²) in [6.45, 7) is 0. The summed E-state index contributed by atoms with van der Waals surface area (Å²) in [5.74, 6) is 0.569. The maximum Gasteiger partial charge on any atom is 0.242 e. The maximum absolute atomic E-state index is 13.2. The molecule has 4 aromatic rings. The van der Waals surface area contributed by atoms with E-state index in [1.54, 1.807) is 23.0 Å². The summed E-state index contributed by atoms with van der Waals surface area (Å²) >= 11 is 1.28. The number of benzene rings is 2. The summed E-state index contributed by atoms with van der Waals surface area (Å²) in [5, 5.41) is 11.2. The van der Waals surface area contributed by atoms with Gasteiger partial charge in [0.25, 0.3) is 0 Å². The Morgan fingerprint density at radius 2 is 1.83 bits per heavy atom. The first-order chi connectivity index (χ1) is 14.1. The predicted octanol–water partition coefficient (Wildman–Crippen LogP) is 4.69. The van der Waals surface area contributed by atoms with Crippen molar-refractivity contribution in [2.24, 2.45) is 7.05 Å². The monoisotopic (exact) mass is 408 g/mol. The Morgan fingerprint density at radius 3 is 2.52 bits per heavy atom. The van der Waals surface area contributed by atoms with Gasteiger partial charge in [-0.05, 0) is 42.0 Å². The van der Waals surface area contributed by atoms with Gasteiger partial charge in [0, 0.05) is 12.7 Å². The topological polar surface area (TPSA) is 73.0 Å². The lowest BCUT2D eigenvalue weighted by Crippen LogP contribution is -2.19. The molecule has 2 aromatic carbocycles. The lowest BCUT2D eigenvalue weighted by atomic mass is 10.1. The van der Waals surface area contributed by atoms with E-state index < -0.39 is 5.25 Å². The minimum absolute atomic E-state index is 0.240. The number of hydrogen-bond donors (Lipinski definition) is 1. The SMILES string of the molecule is Cn1c(S[C@@H](C(=O)Nc2ccc(F)cc2)c2ccccc2)nnc1-c1ccco1. The molecule has 2 heterocycles. The van der Waals surface area contributed by atoms with E-state index in [4.69, 9.17) is 4.42 Å². The Labute approximate surface area is 170 Å². The van der Waals surface area contributed by atoms with E-state index in [2.05, 4.69) is 15.5 Å². The standard InChI is InChI=1S/C21H17FN4O2S/c1-26-19(17-8-5-13-28-17)24-25-21(26)29-18(14-6-3-2-4-7-14)20(27)23-16-11-9-15(22)10-12-16/h2-13,18H,1H3,(H,23,27)/t18-/m1/s1. The highest BCUT2D eigenvalue weighted by molar-refractivity contribution is 8.00. The van der Waals surface area contributed by atoms with Crippen molar-refractivity contribution in [2.75, 3.05) is 5.32 Å². The fraction of sp³-hybridized carbons (Fsp3) is 0.0952. The van der Waals surface area contributed by atoms with E-state index in [9.17, 15) is 9.18 Å². The molecule has 0 saturated carbocycles. The third-order valence-corrected chi connectivity index (χ3v) is 5.54. The van der Waals surface area contributed by atoms with Crippen LogP contribution in [-0.2, 0) is 11.8 Å². The third-order valence-electron chi connectivity index (χ3n) is 4.25. The van der Waals surface area contributed by atoms with Crippen LogP contribution in [0.25, 0.3) is 11.6 Å². The van der Waals surface area contributed by atoms with Crippen molar-refractivity contribution in [3.8, 4) is 11.6 Å². The van der Waals surface area contributed by atoms with Crippen molar-refractivity contribution in [1.29, 1.82) is 0 Å². The van der Waals surface area contributed by atoms with Crippen molar-refractivity contribution in [2.45, 2.75) is 10.4 Å². The molecule has 1 N–H and O–H groups in total. The van der Waals surface area contributed by atoms with Gasteiger partial charge in [0.1, 0.15) is 11.1 Å². The second-order valence-electron chi connectivity index (χ2n) is 6.25. The molecule has 6 nitrogen and oxygen atoms in total. The number of thioether (sulfide) groups is 1. The summed E-state index contributed by atoms with van der Waals surface area (Å²) in [6, 6.07) is 18.6. The highest BCUT2D eigenvalue weighted by Gasteiger charge is 2.25. The van der Waals surface area contributed by atoms with E-state index in [1.807, 2.05) is 37.4 Å². The first-order valence-corrected chi connectivity index (χ1v) is 9.71. The molecule has 8 heteroatoms. The minimum atomic E-state index is -0.575. The van der Waals surface area contributed by atoms with Crippen LogP contribution >= 0.6 is 11.8 Å². The van der Waals surface area contributed by atoms with Crippen LogP contribution in [-0.4, -0.2) is 20.7 Å². The van der Waals surface area contributed by atoms with Crippen molar-refractivity contribution in [1.82, 2.24) is 14.8 Å². The molecule has 0 radical (unpaired) electrons. The molecular formula is C21H17FN4O2S. The molecule has 29 heavy (non-hydrogen) atoms. The fourth-order valence-corrected chi connectivity index (χ4v) is 3.79. The number of furan rings is 1. The maximum atomic E-state index is 13.2. The summed E-state index contributed by atoms with van der Waals surface area (Å²) in [4.78, 5) is 13.0. The second kappa shape index (κ2) is 8.32. The minimum Gasteiger partial charge on any atom is -0.461 e. The molecule has 0 spiro atoms. The molecule has 0 aliphatic carbocycles. The zero-order valence-electron chi connectivity index (χ0n) is 15.4. The lowest BCUT2D eigenvalue weighted by molar-refractivity contribution is -0.115. The molecular weight excluding hydrogens is 391 g/mol.